The summed E-state index contributed by atoms with van der Waals surface area (Å²) in [6, 6.07) is 15.1. The Kier molecular flexibility index (Phi) is 8.08. The SMILES string of the molecule is Cc1ccc(-c2cn(C[C@H](C)N)nn2)cc1C(=O)Nc1ccccc1.O=C(O)C(F)(F)F. The number of alkyl halides is 3. The van der Waals surface area contributed by atoms with Crippen LogP contribution in [0.25, 0.3) is 11.3 Å². The van der Waals surface area contributed by atoms with E-state index >= 15 is 0 Å². The Balaban J connectivity index is 0.000000451. The van der Waals surface area contributed by atoms with Gasteiger partial charge in [0.25, 0.3) is 5.91 Å². The molecule has 0 unspecified atom stereocenters. The van der Waals surface area contributed by atoms with Crippen LogP contribution in [0.3, 0.4) is 0 Å². The number of hydrogen-bond acceptors (Lipinski definition) is 5. The minimum atomic E-state index is -5.08. The summed E-state index contributed by atoms with van der Waals surface area (Å²) in [7, 11) is 0. The zero-order chi connectivity index (χ0) is 23.9. The van der Waals surface area contributed by atoms with Crippen LogP contribution in [-0.2, 0) is 11.3 Å². The van der Waals surface area contributed by atoms with Gasteiger partial charge in [-0.15, -0.1) is 5.10 Å². The Labute approximate surface area is 181 Å². The molecule has 1 aromatic heterocycles. The second-order valence-electron chi connectivity index (χ2n) is 6.96. The molecule has 0 spiro atoms. The molecule has 11 heteroatoms. The molecule has 4 N–H and O–H groups in total. The van der Waals surface area contributed by atoms with E-state index in [1.165, 1.54) is 0 Å². The lowest BCUT2D eigenvalue weighted by atomic mass is 10.0. The van der Waals surface area contributed by atoms with Crippen LogP contribution >= 0.6 is 0 Å². The summed E-state index contributed by atoms with van der Waals surface area (Å²) < 4.78 is 33.4. The van der Waals surface area contributed by atoms with Crippen LogP contribution in [0.1, 0.15) is 22.8 Å². The number of carbonyl (C=O) groups excluding carboxylic acids is 1. The van der Waals surface area contributed by atoms with Gasteiger partial charge in [0.05, 0.1) is 12.7 Å². The van der Waals surface area contributed by atoms with Crippen molar-refractivity contribution in [3.8, 4) is 11.3 Å². The number of nitrogens with zero attached hydrogens (tertiary/aromatic N) is 3. The first-order chi connectivity index (χ1) is 15.0. The molecule has 0 aliphatic heterocycles. The summed E-state index contributed by atoms with van der Waals surface area (Å²) in [5, 5.41) is 18.3. The molecule has 2 aromatic carbocycles. The minimum absolute atomic E-state index is 0.000205. The van der Waals surface area contributed by atoms with Crippen LogP contribution in [-0.4, -0.2) is 44.2 Å². The quantitative estimate of drug-likeness (QED) is 0.548. The van der Waals surface area contributed by atoms with Crippen LogP contribution in [0, 0.1) is 6.92 Å². The van der Waals surface area contributed by atoms with E-state index in [-0.39, 0.29) is 11.9 Å². The molecular formula is C21H22F3N5O3. The molecule has 0 fully saturated rings. The molecule has 0 aliphatic rings. The Morgan fingerprint density at radius 2 is 1.81 bits per heavy atom. The van der Waals surface area contributed by atoms with Gasteiger partial charge in [-0.1, -0.05) is 35.5 Å². The van der Waals surface area contributed by atoms with Gasteiger partial charge in [-0.25, -0.2) is 4.79 Å². The first-order valence-corrected chi connectivity index (χ1v) is 9.40. The van der Waals surface area contributed by atoms with Crippen molar-refractivity contribution in [2.24, 2.45) is 5.73 Å². The average Bonchev–Trinajstić information content (AvgIpc) is 3.16. The van der Waals surface area contributed by atoms with Gasteiger partial charge < -0.3 is 16.2 Å². The molecule has 0 saturated carbocycles. The van der Waals surface area contributed by atoms with Gasteiger partial charge >= 0.3 is 12.1 Å². The molecule has 0 aliphatic carbocycles. The summed E-state index contributed by atoms with van der Waals surface area (Å²) in [6.45, 7) is 4.43. The predicted molar refractivity (Wildman–Crippen MR) is 112 cm³/mol. The number of benzene rings is 2. The van der Waals surface area contributed by atoms with E-state index in [1.54, 1.807) is 4.68 Å². The third-order valence-electron chi connectivity index (χ3n) is 4.07. The molecule has 1 atom stereocenters. The van der Waals surface area contributed by atoms with Crippen LogP contribution in [0.4, 0.5) is 18.9 Å². The van der Waals surface area contributed by atoms with E-state index in [0.29, 0.717) is 12.1 Å². The van der Waals surface area contributed by atoms with Crippen molar-refractivity contribution in [3.05, 3.63) is 65.9 Å². The molecule has 0 saturated heterocycles. The molecule has 170 valence electrons. The Hall–Kier alpha value is -3.73. The highest BCUT2D eigenvalue weighted by molar-refractivity contribution is 6.05. The molecule has 32 heavy (non-hydrogen) atoms. The summed E-state index contributed by atoms with van der Waals surface area (Å²) in [6.07, 6.45) is -3.24. The fraction of sp³-hybridized carbons (Fsp3) is 0.238. The third-order valence-corrected chi connectivity index (χ3v) is 4.07. The Bertz CT molecular complexity index is 1070. The Morgan fingerprint density at radius 1 is 1.19 bits per heavy atom. The van der Waals surface area contributed by atoms with Gasteiger partial charge in [-0.2, -0.15) is 13.2 Å². The highest BCUT2D eigenvalue weighted by Gasteiger charge is 2.38. The summed E-state index contributed by atoms with van der Waals surface area (Å²) in [4.78, 5) is 21.5. The van der Waals surface area contributed by atoms with Gasteiger partial charge in [-0.05, 0) is 37.6 Å². The molecule has 0 bridgehead atoms. The second-order valence-corrected chi connectivity index (χ2v) is 6.96. The topological polar surface area (TPSA) is 123 Å². The lowest BCUT2D eigenvalue weighted by Gasteiger charge is -2.09. The fourth-order valence-corrected chi connectivity index (χ4v) is 2.56. The third kappa shape index (κ3) is 7.20. The maximum atomic E-state index is 12.6. The smallest absolute Gasteiger partial charge is 0.475 e. The van der Waals surface area contributed by atoms with E-state index in [0.717, 1.165) is 22.5 Å². The lowest BCUT2D eigenvalue weighted by Crippen LogP contribution is -2.22. The van der Waals surface area contributed by atoms with Crippen molar-refractivity contribution in [3.63, 3.8) is 0 Å². The van der Waals surface area contributed by atoms with Crippen molar-refractivity contribution < 1.29 is 27.9 Å². The fourth-order valence-electron chi connectivity index (χ4n) is 2.56. The van der Waals surface area contributed by atoms with Crippen molar-refractivity contribution in [2.45, 2.75) is 32.6 Å². The summed E-state index contributed by atoms with van der Waals surface area (Å²) in [5.41, 5.74) is 9.63. The number of anilines is 1. The number of aromatic nitrogens is 3. The summed E-state index contributed by atoms with van der Waals surface area (Å²) >= 11 is 0. The average molecular weight is 449 g/mol. The normalized spacial score (nSPS) is 11.8. The van der Waals surface area contributed by atoms with Gasteiger partial charge in [0.15, 0.2) is 0 Å². The Morgan fingerprint density at radius 3 is 2.38 bits per heavy atom. The van der Waals surface area contributed by atoms with Gasteiger partial charge in [0.1, 0.15) is 5.69 Å². The predicted octanol–water partition coefficient (Wildman–Crippen LogP) is 3.49. The van der Waals surface area contributed by atoms with Crippen LogP contribution in [0.15, 0.2) is 54.7 Å². The molecular weight excluding hydrogens is 427 g/mol. The number of aryl methyl sites for hydroxylation is 1. The van der Waals surface area contributed by atoms with E-state index in [9.17, 15) is 18.0 Å². The summed E-state index contributed by atoms with van der Waals surface area (Å²) in [5.74, 6) is -2.90. The van der Waals surface area contributed by atoms with Crippen molar-refractivity contribution in [1.82, 2.24) is 15.0 Å². The number of nitrogens with two attached hydrogens (primary N) is 1. The number of halogens is 3. The van der Waals surface area contributed by atoms with Crippen molar-refractivity contribution >= 4 is 17.6 Å². The zero-order valence-electron chi connectivity index (χ0n) is 17.3. The van der Waals surface area contributed by atoms with Gasteiger partial charge in [0, 0.05) is 22.9 Å². The van der Waals surface area contributed by atoms with Crippen LogP contribution < -0.4 is 11.1 Å². The number of carbonyl (C=O) groups is 2. The largest absolute Gasteiger partial charge is 0.490 e. The highest BCUT2D eigenvalue weighted by atomic mass is 19.4. The number of aliphatic carboxylic acids is 1. The lowest BCUT2D eigenvalue weighted by molar-refractivity contribution is -0.192. The van der Waals surface area contributed by atoms with Crippen LogP contribution in [0.2, 0.25) is 0 Å². The van der Waals surface area contributed by atoms with Crippen molar-refractivity contribution in [2.75, 3.05) is 5.32 Å². The molecule has 3 aromatic rings. The van der Waals surface area contributed by atoms with Crippen molar-refractivity contribution in [1.29, 1.82) is 0 Å². The number of para-hydroxylation sites is 1. The molecule has 0 radical (unpaired) electrons. The second kappa shape index (κ2) is 10.5. The monoisotopic (exact) mass is 449 g/mol. The van der Waals surface area contributed by atoms with E-state index in [2.05, 4.69) is 15.6 Å². The zero-order valence-corrected chi connectivity index (χ0v) is 17.3. The standard InChI is InChI=1S/C19H21N5O.C2HF3O2/c1-13-8-9-15(18-12-24(23-22-18)11-14(2)20)10-17(13)19(25)21-16-6-4-3-5-7-16;3-2(4,5)1(6)7/h3-10,12,14H,11,20H2,1-2H3,(H,21,25);(H,6,7)/t14-;/m0./s1. The van der Waals surface area contributed by atoms with E-state index in [1.807, 2.05) is 68.6 Å². The molecule has 3 rings (SSSR count). The number of carboxylic acids is 1. The van der Waals surface area contributed by atoms with E-state index < -0.39 is 12.1 Å². The first-order valence-electron chi connectivity index (χ1n) is 9.40. The number of carboxylic acid groups (broad SMARTS) is 1. The number of hydrogen-bond donors (Lipinski definition) is 3. The molecule has 8 nitrogen and oxygen atoms in total. The first kappa shape index (κ1) is 24.5. The molecule has 1 heterocycles. The van der Waals surface area contributed by atoms with Crippen LogP contribution in [0.5, 0.6) is 0 Å². The van der Waals surface area contributed by atoms with Gasteiger partial charge in [0.2, 0.25) is 0 Å². The molecule has 1 amide bonds. The van der Waals surface area contributed by atoms with E-state index in [4.69, 9.17) is 15.6 Å². The maximum Gasteiger partial charge on any atom is 0.490 e. The number of amides is 1. The number of rotatable bonds is 5. The maximum absolute atomic E-state index is 12.6. The minimum Gasteiger partial charge on any atom is -0.475 e. The number of nitrogens with one attached hydrogen (secondary N) is 1. The van der Waals surface area contributed by atoms with Gasteiger partial charge in [-0.3, -0.25) is 9.48 Å². The highest BCUT2D eigenvalue weighted by Crippen LogP contribution is 2.21.